The van der Waals surface area contributed by atoms with Gasteiger partial charge in [-0.3, -0.25) is 4.79 Å². The van der Waals surface area contributed by atoms with E-state index < -0.39 is 0 Å². The number of amides is 1. The lowest BCUT2D eigenvalue weighted by Gasteiger charge is -2.35. The smallest absolute Gasteiger partial charge is 0.223 e. The second-order valence-corrected chi connectivity index (χ2v) is 7.91. The lowest BCUT2D eigenvalue weighted by Crippen LogP contribution is -2.41. The molecule has 1 amide bonds. The predicted molar refractivity (Wildman–Crippen MR) is 132 cm³/mol. The van der Waals surface area contributed by atoms with Crippen molar-refractivity contribution in [3.05, 3.63) is 114 Å². The minimum absolute atomic E-state index is 0.0248. The largest absolute Gasteiger partial charge is 0.377 e. The van der Waals surface area contributed by atoms with Gasteiger partial charge in [-0.15, -0.1) is 0 Å². The average molecular weight is 428 g/mol. The molecule has 0 aliphatic heterocycles. The maximum atomic E-state index is 13.1. The Morgan fingerprint density at radius 1 is 0.906 bits per heavy atom. The summed E-state index contributed by atoms with van der Waals surface area (Å²) in [5.41, 5.74) is 3.42. The summed E-state index contributed by atoms with van der Waals surface area (Å²) < 4.78 is 5.98. The van der Waals surface area contributed by atoms with Crippen LogP contribution in [0.3, 0.4) is 0 Å². The van der Waals surface area contributed by atoms with Gasteiger partial charge in [0.2, 0.25) is 5.91 Å². The van der Waals surface area contributed by atoms with Crippen LogP contribution in [0, 0.1) is 0 Å². The monoisotopic (exact) mass is 427 g/mol. The molecule has 0 aliphatic carbocycles. The molecule has 0 saturated carbocycles. The van der Waals surface area contributed by atoms with Crippen LogP contribution in [0.1, 0.15) is 49.4 Å². The maximum absolute atomic E-state index is 13.1. The molecule has 0 N–H and O–H groups in total. The van der Waals surface area contributed by atoms with E-state index >= 15 is 0 Å². The van der Waals surface area contributed by atoms with Gasteiger partial charge in [-0.05, 0) is 30.0 Å². The summed E-state index contributed by atoms with van der Waals surface area (Å²) >= 11 is 0. The third-order valence-corrected chi connectivity index (χ3v) is 5.63. The molecule has 0 aromatic heterocycles. The van der Waals surface area contributed by atoms with Gasteiger partial charge in [0.1, 0.15) is 0 Å². The van der Waals surface area contributed by atoms with Crippen molar-refractivity contribution in [1.82, 2.24) is 4.90 Å². The van der Waals surface area contributed by atoms with Crippen molar-refractivity contribution in [1.29, 1.82) is 0 Å². The highest BCUT2D eigenvalue weighted by Gasteiger charge is 2.26. The minimum atomic E-state index is -0.0614. The van der Waals surface area contributed by atoms with Crippen LogP contribution in [-0.2, 0) is 16.1 Å². The maximum Gasteiger partial charge on any atom is 0.223 e. The summed E-state index contributed by atoms with van der Waals surface area (Å²) in [6, 6.07) is 30.5. The fourth-order valence-corrected chi connectivity index (χ4v) is 3.85. The van der Waals surface area contributed by atoms with Crippen molar-refractivity contribution in [2.45, 2.75) is 45.4 Å². The van der Waals surface area contributed by atoms with E-state index in [4.69, 9.17) is 4.74 Å². The molecular formula is C29H33NO2. The first-order valence-electron chi connectivity index (χ1n) is 11.4. The molecular weight excluding hydrogens is 394 g/mol. The quantitative estimate of drug-likeness (QED) is 0.320. The number of carbonyl (C=O) groups is 1. The Morgan fingerprint density at radius 2 is 1.50 bits per heavy atom. The first-order chi connectivity index (χ1) is 15.7. The van der Waals surface area contributed by atoms with Crippen LogP contribution in [0.4, 0.5) is 0 Å². The van der Waals surface area contributed by atoms with Crippen molar-refractivity contribution in [3.8, 4) is 0 Å². The van der Waals surface area contributed by atoms with E-state index in [-0.39, 0.29) is 18.0 Å². The van der Waals surface area contributed by atoms with Crippen molar-refractivity contribution < 1.29 is 9.53 Å². The van der Waals surface area contributed by atoms with Gasteiger partial charge in [0, 0.05) is 13.0 Å². The van der Waals surface area contributed by atoms with E-state index in [0.717, 1.165) is 23.1 Å². The Balaban J connectivity index is 1.78. The topological polar surface area (TPSA) is 29.5 Å². The van der Waals surface area contributed by atoms with E-state index in [9.17, 15) is 4.79 Å². The summed E-state index contributed by atoms with van der Waals surface area (Å²) in [4.78, 5) is 15.1. The van der Waals surface area contributed by atoms with Gasteiger partial charge in [-0.1, -0.05) is 110 Å². The molecule has 3 heteroatoms. The fraction of sp³-hybridized carbons (Fsp3) is 0.276. The number of hydrogen-bond acceptors (Lipinski definition) is 2. The highest BCUT2D eigenvalue weighted by molar-refractivity contribution is 5.77. The molecule has 0 aliphatic rings. The first kappa shape index (κ1) is 23.5. The summed E-state index contributed by atoms with van der Waals surface area (Å²) in [6.07, 6.45) is 5.46. The van der Waals surface area contributed by atoms with E-state index in [1.165, 1.54) is 0 Å². The van der Waals surface area contributed by atoms with Gasteiger partial charge in [0.05, 0.1) is 18.7 Å². The number of carbonyl (C=O) groups excluding carboxylic acids is 1. The molecule has 32 heavy (non-hydrogen) atoms. The minimum Gasteiger partial charge on any atom is -0.377 e. The third-order valence-electron chi connectivity index (χ3n) is 5.63. The van der Waals surface area contributed by atoms with E-state index in [0.29, 0.717) is 19.6 Å². The number of ether oxygens (including phenoxy) is 1. The summed E-state index contributed by atoms with van der Waals surface area (Å²) in [6.45, 7) is 5.19. The van der Waals surface area contributed by atoms with Crippen molar-refractivity contribution >= 4 is 12.0 Å². The van der Waals surface area contributed by atoms with Crippen LogP contribution in [0.5, 0.6) is 0 Å². The lowest BCUT2D eigenvalue weighted by atomic mass is 10.0. The zero-order valence-electron chi connectivity index (χ0n) is 19.1. The fourth-order valence-electron chi connectivity index (χ4n) is 3.85. The van der Waals surface area contributed by atoms with Crippen molar-refractivity contribution in [2.24, 2.45) is 0 Å². The average Bonchev–Trinajstić information content (AvgIpc) is 2.86. The molecule has 3 aromatic rings. The number of nitrogens with zero attached hydrogens (tertiary/aromatic N) is 1. The lowest BCUT2D eigenvalue weighted by molar-refractivity contribution is -0.135. The molecule has 0 spiro atoms. The van der Waals surface area contributed by atoms with Gasteiger partial charge in [-0.2, -0.15) is 0 Å². The van der Waals surface area contributed by atoms with Crippen LogP contribution >= 0.6 is 0 Å². The molecule has 3 rings (SSSR count). The van der Waals surface area contributed by atoms with Crippen LogP contribution < -0.4 is 0 Å². The second kappa shape index (κ2) is 12.6. The highest BCUT2D eigenvalue weighted by atomic mass is 16.5. The Labute approximate surface area is 192 Å². The Bertz CT molecular complexity index is 954. The normalized spacial score (nSPS) is 13.1. The first-order valence-corrected chi connectivity index (χ1v) is 11.4. The molecule has 0 unspecified atom stereocenters. The molecule has 2 atom stereocenters. The van der Waals surface area contributed by atoms with Crippen LogP contribution in [0.25, 0.3) is 6.08 Å². The number of hydrogen-bond donors (Lipinski definition) is 0. The highest BCUT2D eigenvalue weighted by Crippen LogP contribution is 2.26. The van der Waals surface area contributed by atoms with Gasteiger partial charge in [0.25, 0.3) is 0 Å². The van der Waals surface area contributed by atoms with Crippen LogP contribution in [0.15, 0.2) is 97.1 Å². The molecule has 166 valence electrons. The van der Waals surface area contributed by atoms with Gasteiger partial charge >= 0.3 is 0 Å². The Kier molecular flexibility index (Phi) is 9.27. The molecule has 3 aromatic carbocycles. The van der Waals surface area contributed by atoms with Crippen molar-refractivity contribution in [3.63, 3.8) is 0 Å². The molecule has 0 bridgehead atoms. The number of rotatable bonds is 11. The van der Waals surface area contributed by atoms with E-state index in [1.54, 1.807) is 0 Å². The van der Waals surface area contributed by atoms with Gasteiger partial charge in [0.15, 0.2) is 0 Å². The third kappa shape index (κ3) is 6.93. The molecule has 0 heterocycles. The molecule has 0 radical (unpaired) electrons. The van der Waals surface area contributed by atoms with Crippen LogP contribution in [0.2, 0.25) is 0 Å². The van der Waals surface area contributed by atoms with E-state index in [1.807, 2.05) is 66.4 Å². The zero-order valence-corrected chi connectivity index (χ0v) is 19.1. The molecule has 3 nitrogen and oxygen atoms in total. The molecule has 0 saturated heterocycles. The summed E-state index contributed by atoms with van der Waals surface area (Å²) in [5.74, 6) is 0.145. The van der Waals surface area contributed by atoms with Gasteiger partial charge < -0.3 is 9.64 Å². The second-order valence-electron chi connectivity index (χ2n) is 7.91. The van der Waals surface area contributed by atoms with Crippen LogP contribution in [-0.4, -0.2) is 23.5 Å². The standard InChI is InChI=1S/C29H33NO2/c1-3-29(31)30(24(2)27-17-11-6-12-18-27)28(20-19-25-13-7-4-8-14-25)21-22-32-23-26-15-9-5-10-16-26/h4-20,24,28H,3,21-23H2,1-2H3/b20-19+/t24-,28-/m1/s1. The van der Waals surface area contributed by atoms with Gasteiger partial charge in [-0.25, -0.2) is 0 Å². The predicted octanol–water partition coefficient (Wildman–Crippen LogP) is 6.68. The summed E-state index contributed by atoms with van der Waals surface area (Å²) in [5, 5.41) is 0. The zero-order chi connectivity index (χ0) is 22.6. The van der Waals surface area contributed by atoms with E-state index in [2.05, 4.69) is 55.5 Å². The SMILES string of the molecule is CCC(=O)N([C@H](/C=C/c1ccccc1)CCOCc1ccccc1)[C@H](C)c1ccccc1. The summed E-state index contributed by atoms with van der Waals surface area (Å²) in [7, 11) is 0. The van der Waals surface area contributed by atoms with Crippen molar-refractivity contribution in [2.75, 3.05) is 6.61 Å². The number of benzene rings is 3. The Morgan fingerprint density at radius 3 is 2.12 bits per heavy atom. The molecule has 0 fully saturated rings. The Hall–Kier alpha value is -3.17.